The van der Waals surface area contributed by atoms with E-state index in [0.29, 0.717) is 5.92 Å². The third-order valence-corrected chi connectivity index (χ3v) is 5.42. The number of rotatable bonds is 7. The van der Waals surface area contributed by atoms with Crippen molar-refractivity contribution in [3.05, 3.63) is 71.5 Å². The van der Waals surface area contributed by atoms with E-state index in [1.165, 1.54) is 17.7 Å². The minimum atomic E-state index is -0.211. The van der Waals surface area contributed by atoms with E-state index in [1.54, 1.807) is 0 Å². The van der Waals surface area contributed by atoms with Crippen LogP contribution in [0, 0.1) is 17.7 Å². The summed E-state index contributed by atoms with van der Waals surface area (Å²) in [7, 11) is 0. The molecule has 1 heterocycles. The molecule has 0 aliphatic carbocycles. The summed E-state index contributed by atoms with van der Waals surface area (Å²) in [6.45, 7) is 6.88. The predicted octanol–water partition coefficient (Wildman–Crippen LogP) is 4.94. The molecule has 1 N–H and O–H groups in total. The molecule has 1 amide bonds. The first-order chi connectivity index (χ1) is 13.5. The maximum absolute atomic E-state index is 13.1. The number of halogens is 1. The first kappa shape index (κ1) is 20.5. The third-order valence-electron chi connectivity index (χ3n) is 5.42. The van der Waals surface area contributed by atoms with Gasteiger partial charge in [-0.15, -0.1) is 0 Å². The first-order valence-electron chi connectivity index (χ1n) is 10.3. The number of hydrogen-bond acceptors (Lipinski definition) is 2. The second kappa shape index (κ2) is 9.83. The van der Waals surface area contributed by atoms with E-state index < -0.39 is 0 Å². The number of nitrogens with zero attached hydrogens (tertiary/aromatic N) is 1. The maximum Gasteiger partial charge on any atom is 0.224 e. The molecule has 1 aliphatic heterocycles. The normalized spacial score (nSPS) is 18.8. The van der Waals surface area contributed by atoms with Crippen LogP contribution < -0.4 is 5.32 Å². The van der Waals surface area contributed by atoms with Gasteiger partial charge in [-0.2, -0.15) is 0 Å². The summed E-state index contributed by atoms with van der Waals surface area (Å²) in [5.74, 6) is 0.453. The van der Waals surface area contributed by atoms with Gasteiger partial charge in [0, 0.05) is 13.1 Å². The molecule has 0 bridgehead atoms. The summed E-state index contributed by atoms with van der Waals surface area (Å²) in [4.78, 5) is 15.3. The summed E-state index contributed by atoms with van der Waals surface area (Å²) in [5.41, 5.74) is 2.26. The second-order valence-corrected chi connectivity index (χ2v) is 8.30. The molecule has 2 aromatic rings. The molecular weight excluding hydrogens is 351 g/mol. The van der Waals surface area contributed by atoms with Gasteiger partial charge in [0.15, 0.2) is 0 Å². The standard InChI is InChI=1S/C24H31FN2O/c1-18(2)15-23(20-7-4-3-5-8-20)26-24(28)21-9-6-14-27(17-21)16-19-10-12-22(25)13-11-19/h3-5,7-8,10-13,18,21,23H,6,9,14-17H2,1-2H3,(H,26,28)/t21-,23+/m0/s1. The van der Waals surface area contributed by atoms with Gasteiger partial charge in [0.25, 0.3) is 0 Å². The van der Waals surface area contributed by atoms with Crippen LogP contribution in [0.5, 0.6) is 0 Å². The number of benzene rings is 2. The van der Waals surface area contributed by atoms with Crippen molar-refractivity contribution in [2.75, 3.05) is 13.1 Å². The van der Waals surface area contributed by atoms with E-state index in [0.717, 1.165) is 44.5 Å². The predicted molar refractivity (Wildman–Crippen MR) is 111 cm³/mol. The highest BCUT2D eigenvalue weighted by molar-refractivity contribution is 5.79. The lowest BCUT2D eigenvalue weighted by molar-refractivity contribution is -0.127. The van der Waals surface area contributed by atoms with Gasteiger partial charge in [0.2, 0.25) is 5.91 Å². The van der Waals surface area contributed by atoms with Crippen molar-refractivity contribution in [3.8, 4) is 0 Å². The zero-order valence-corrected chi connectivity index (χ0v) is 16.9. The Kier molecular flexibility index (Phi) is 7.21. The average molecular weight is 383 g/mol. The summed E-state index contributed by atoms with van der Waals surface area (Å²) in [5, 5.41) is 3.31. The van der Waals surface area contributed by atoms with Crippen LogP contribution in [0.3, 0.4) is 0 Å². The van der Waals surface area contributed by atoms with Gasteiger partial charge < -0.3 is 5.32 Å². The lowest BCUT2D eigenvalue weighted by atomic mass is 9.93. The first-order valence-corrected chi connectivity index (χ1v) is 10.3. The molecule has 0 radical (unpaired) electrons. The molecule has 150 valence electrons. The largest absolute Gasteiger partial charge is 0.349 e. The van der Waals surface area contributed by atoms with Gasteiger partial charge in [0.05, 0.1) is 12.0 Å². The lowest BCUT2D eigenvalue weighted by Crippen LogP contribution is -2.43. The fourth-order valence-electron chi connectivity index (χ4n) is 3.99. The molecule has 0 unspecified atom stereocenters. The number of piperidine rings is 1. The van der Waals surface area contributed by atoms with Crippen LogP contribution in [0.1, 0.15) is 50.3 Å². The number of nitrogens with one attached hydrogen (secondary N) is 1. The van der Waals surface area contributed by atoms with Crippen molar-refractivity contribution in [1.82, 2.24) is 10.2 Å². The van der Waals surface area contributed by atoms with Crippen molar-refractivity contribution >= 4 is 5.91 Å². The Morgan fingerprint density at radius 1 is 1.14 bits per heavy atom. The van der Waals surface area contributed by atoms with Crippen LogP contribution in [0.25, 0.3) is 0 Å². The fraction of sp³-hybridized carbons (Fsp3) is 0.458. The van der Waals surface area contributed by atoms with Crippen LogP contribution in [-0.2, 0) is 11.3 Å². The minimum Gasteiger partial charge on any atom is -0.349 e. The number of amides is 1. The third kappa shape index (κ3) is 5.90. The summed E-state index contributed by atoms with van der Waals surface area (Å²) in [6, 6.07) is 17.0. The molecule has 3 rings (SSSR count). The Morgan fingerprint density at radius 3 is 2.54 bits per heavy atom. The molecule has 28 heavy (non-hydrogen) atoms. The monoisotopic (exact) mass is 382 g/mol. The van der Waals surface area contributed by atoms with Crippen LogP contribution >= 0.6 is 0 Å². The van der Waals surface area contributed by atoms with Crippen molar-refractivity contribution < 1.29 is 9.18 Å². The van der Waals surface area contributed by atoms with Gasteiger partial charge in [-0.1, -0.05) is 56.3 Å². The van der Waals surface area contributed by atoms with Crippen LogP contribution in [-0.4, -0.2) is 23.9 Å². The van der Waals surface area contributed by atoms with E-state index in [-0.39, 0.29) is 23.7 Å². The zero-order chi connectivity index (χ0) is 19.9. The Morgan fingerprint density at radius 2 is 1.86 bits per heavy atom. The van der Waals surface area contributed by atoms with Crippen LogP contribution in [0.15, 0.2) is 54.6 Å². The highest BCUT2D eigenvalue weighted by Gasteiger charge is 2.27. The lowest BCUT2D eigenvalue weighted by Gasteiger charge is -2.33. The van der Waals surface area contributed by atoms with Gasteiger partial charge >= 0.3 is 0 Å². The highest BCUT2D eigenvalue weighted by Crippen LogP contribution is 2.24. The van der Waals surface area contributed by atoms with E-state index in [4.69, 9.17) is 0 Å². The van der Waals surface area contributed by atoms with Gasteiger partial charge in [-0.25, -0.2) is 4.39 Å². The molecule has 0 spiro atoms. The summed E-state index contributed by atoms with van der Waals surface area (Å²) in [6.07, 6.45) is 2.87. The van der Waals surface area contributed by atoms with Gasteiger partial charge in [-0.05, 0) is 55.0 Å². The molecule has 0 aromatic heterocycles. The Balaban J connectivity index is 1.61. The zero-order valence-electron chi connectivity index (χ0n) is 16.9. The van der Waals surface area contributed by atoms with Gasteiger partial charge in [0.1, 0.15) is 5.82 Å². The quantitative estimate of drug-likeness (QED) is 0.735. The van der Waals surface area contributed by atoms with Crippen molar-refractivity contribution in [3.63, 3.8) is 0 Å². The maximum atomic E-state index is 13.1. The Bertz CT molecular complexity index is 745. The molecular formula is C24H31FN2O. The number of carbonyl (C=O) groups is 1. The van der Waals surface area contributed by atoms with E-state index in [1.807, 2.05) is 30.3 Å². The Hall–Kier alpha value is -2.20. The van der Waals surface area contributed by atoms with Crippen LogP contribution in [0.2, 0.25) is 0 Å². The number of carbonyl (C=O) groups excluding carboxylic acids is 1. The van der Waals surface area contributed by atoms with Crippen molar-refractivity contribution in [2.24, 2.45) is 11.8 Å². The van der Waals surface area contributed by atoms with Crippen LogP contribution in [0.4, 0.5) is 4.39 Å². The van der Waals surface area contributed by atoms with Gasteiger partial charge in [-0.3, -0.25) is 9.69 Å². The molecule has 0 saturated carbocycles. The molecule has 1 aliphatic rings. The summed E-state index contributed by atoms with van der Waals surface area (Å²) >= 11 is 0. The molecule has 2 aromatic carbocycles. The number of likely N-dealkylation sites (tertiary alicyclic amines) is 1. The van der Waals surface area contributed by atoms with Crippen molar-refractivity contribution in [1.29, 1.82) is 0 Å². The second-order valence-electron chi connectivity index (χ2n) is 8.30. The highest BCUT2D eigenvalue weighted by atomic mass is 19.1. The molecule has 3 nitrogen and oxygen atoms in total. The fourth-order valence-corrected chi connectivity index (χ4v) is 3.99. The van der Waals surface area contributed by atoms with Crippen molar-refractivity contribution in [2.45, 2.75) is 45.7 Å². The average Bonchev–Trinajstić information content (AvgIpc) is 2.70. The SMILES string of the molecule is CC(C)C[C@@H](NC(=O)[C@H]1CCCN(Cc2ccc(F)cc2)C1)c1ccccc1. The Labute approximate surface area is 167 Å². The molecule has 1 fully saturated rings. The molecule has 2 atom stereocenters. The van der Waals surface area contributed by atoms with E-state index in [9.17, 15) is 9.18 Å². The van der Waals surface area contributed by atoms with E-state index in [2.05, 4.69) is 36.2 Å². The number of hydrogen-bond donors (Lipinski definition) is 1. The minimum absolute atomic E-state index is 0.00701. The molecule has 1 saturated heterocycles. The topological polar surface area (TPSA) is 32.3 Å². The summed E-state index contributed by atoms with van der Waals surface area (Å²) < 4.78 is 13.1. The molecule has 4 heteroatoms. The van der Waals surface area contributed by atoms with E-state index >= 15 is 0 Å². The smallest absolute Gasteiger partial charge is 0.224 e.